The van der Waals surface area contributed by atoms with Crippen molar-refractivity contribution in [3.63, 3.8) is 0 Å². The molecular formula is C6H12INO2S. The Balaban J connectivity index is 3.82. The van der Waals surface area contributed by atoms with Crippen LogP contribution in [0.1, 0.15) is 20.3 Å². The Morgan fingerprint density at radius 1 is 1.73 bits per heavy atom. The maximum atomic E-state index is 10.3. The van der Waals surface area contributed by atoms with Gasteiger partial charge in [0, 0.05) is 28.9 Å². The lowest BCUT2D eigenvalue weighted by atomic mass is 10.3. The van der Waals surface area contributed by atoms with Crippen LogP contribution in [0.2, 0.25) is 0 Å². The smallest absolute Gasteiger partial charge is 0.305 e. The Morgan fingerprint density at radius 2 is 2.18 bits per heavy atom. The highest BCUT2D eigenvalue weighted by molar-refractivity contribution is 14.1. The van der Waals surface area contributed by atoms with Crippen molar-refractivity contribution in [1.29, 1.82) is 0 Å². The van der Waals surface area contributed by atoms with Crippen LogP contribution in [0, 0.1) is 0 Å². The van der Waals surface area contributed by atoms with E-state index in [9.17, 15) is 4.79 Å². The van der Waals surface area contributed by atoms with Crippen LogP contribution in [0.4, 0.5) is 0 Å². The zero-order chi connectivity index (χ0) is 9.02. The van der Waals surface area contributed by atoms with Crippen molar-refractivity contribution < 1.29 is 9.90 Å². The second kappa shape index (κ2) is 5.21. The molecule has 5 heteroatoms. The number of nitrogens with zero attached hydrogens (tertiary/aromatic N) is 1. The fourth-order valence-corrected chi connectivity index (χ4v) is 1.21. The Kier molecular flexibility index (Phi) is 5.45. The van der Waals surface area contributed by atoms with E-state index in [-0.39, 0.29) is 11.8 Å². The van der Waals surface area contributed by atoms with Gasteiger partial charge in [0.05, 0.1) is 11.8 Å². The lowest BCUT2D eigenvalue weighted by Gasteiger charge is -2.23. The summed E-state index contributed by atoms with van der Waals surface area (Å²) in [6.45, 7) is 4.00. The molecule has 0 aliphatic heterocycles. The SMILES string of the molecule is CC(C)N(I)C(S)CC(=O)O. The van der Waals surface area contributed by atoms with Gasteiger partial charge in [0.15, 0.2) is 0 Å². The third-order valence-corrected chi connectivity index (χ3v) is 3.79. The van der Waals surface area contributed by atoms with Gasteiger partial charge in [-0.25, -0.2) is 3.11 Å². The molecule has 1 unspecified atom stereocenters. The Bertz CT molecular complexity index is 143. The van der Waals surface area contributed by atoms with Crippen molar-refractivity contribution in [2.24, 2.45) is 0 Å². The minimum atomic E-state index is -0.813. The minimum absolute atomic E-state index is 0.0736. The van der Waals surface area contributed by atoms with E-state index in [4.69, 9.17) is 5.11 Å². The first-order chi connectivity index (χ1) is 4.95. The van der Waals surface area contributed by atoms with Crippen molar-refractivity contribution in [3.8, 4) is 0 Å². The summed E-state index contributed by atoms with van der Waals surface area (Å²) >= 11 is 6.23. The van der Waals surface area contributed by atoms with Crippen molar-refractivity contribution in [1.82, 2.24) is 3.11 Å². The van der Waals surface area contributed by atoms with Gasteiger partial charge in [0.1, 0.15) is 0 Å². The molecule has 0 aromatic rings. The number of rotatable bonds is 4. The Hall–Kier alpha value is 0.510. The van der Waals surface area contributed by atoms with Crippen LogP contribution in [0.25, 0.3) is 0 Å². The number of carbonyl (C=O) groups is 1. The highest BCUT2D eigenvalue weighted by atomic mass is 127. The Morgan fingerprint density at radius 3 is 2.45 bits per heavy atom. The van der Waals surface area contributed by atoms with Gasteiger partial charge in [0.2, 0.25) is 0 Å². The standard InChI is InChI=1S/C6H12INO2S/c1-4(2)8(7)5(11)3-6(9)10/h4-5,11H,3H2,1-2H3,(H,9,10). The van der Waals surface area contributed by atoms with Crippen LogP contribution in [0.15, 0.2) is 0 Å². The molecule has 0 bridgehead atoms. The minimum Gasteiger partial charge on any atom is -0.481 e. The van der Waals surface area contributed by atoms with Gasteiger partial charge in [-0.3, -0.25) is 4.79 Å². The molecule has 66 valence electrons. The average molecular weight is 289 g/mol. The average Bonchev–Trinajstić information content (AvgIpc) is 1.84. The normalized spacial score (nSPS) is 14.0. The summed E-state index contributed by atoms with van der Waals surface area (Å²) in [5, 5.41) is 8.23. The van der Waals surface area contributed by atoms with Crippen molar-refractivity contribution in [3.05, 3.63) is 0 Å². The molecule has 0 saturated carbocycles. The zero-order valence-electron chi connectivity index (χ0n) is 6.49. The van der Waals surface area contributed by atoms with Gasteiger partial charge in [-0.15, -0.1) is 0 Å². The summed E-state index contributed by atoms with van der Waals surface area (Å²) in [6.07, 6.45) is 0.0736. The van der Waals surface area contributed by atoms with Crippen LogP contribution in [0.3, 0.4) is 0 Å². The molecule has 0 saturated heterocycles. The molecule has 0 heterocycles. The predicted octanol–water partition coefficient (Wildman–Crippen LogP) is 1.78. The van der Waals surface area contributed by atoms with Gasteiger partial charge < -0.3 is 5.11 Å². The van der Waals surface area contributed by atoms with Crippen LogP contribution < -0.4 is 0 Å². The number of halogens is 1. The summed E-state index contributed by atoms with van der Waals surface area (Å²) < 4.78 is 1.88. The summed E-state index contributed by atoms with van der Waals surface area (Å²) in [5.74, 6) is -0.813. The molecule has 1 N–H and O–H groups in total. The van der Waals surface area contributed by atoms with E-state index >= 15 is 0 Å². The second-order valence-electron chi connectivity index (χ2n) is 2.52. The van der Waals surface area contributed by atoms with Crippen molar-refractivity contribution in [2.45, 2.75) is 31.7 Å². The summed E-state index contributed by atoms with van der Waals surface area (Å²) in [5.41, 5.74) is 0. The fourth-order valence-electron chi connectivity index (χ4n) is 0.588. The van der Waals surface area contributed by atoms with Crippen LogP contribution in [-0.4, -0.2) is 25.6 Å². The van der Waals surface area contributed by atoms with Crippen LogP contribution in [-0.2, 0) is 4.79 Å². The first kappa shape index (κ1) is 11.5. The van der Waals surface area contributed by atoms with E-state index in [1.165, 1.54) is 0 Å². The monoisotopic (exact) mass is 289 g/mol. The molecular weight excluding hydrogens is 277 g/mol. The zero-order valence-corrected chi connectivity index (χ0v) is 9.54. The number of carboxylic acids is 1. The molecule has 11 heavy (non-hydrogen) atoms. The quantitative estimate of drug-likeness (QED) is 0.359. The van der Waals surface area contributed by atoms with Crippen molar-refractivity contribution >= 4 is 41.5 Å². The van der Waals surface area contributed by atoms with E-state index in [2.05, 4.69) is 35.5 Å². The molecule has 0 amide bonds. The number of thiol groups is 1. The van der Waals surface area contributed by atoms with Gasteiger partial charge in [-0.05, 0) is 13.8 Å². The largest absolute Gasteiger partial charge is 0.481 e. The van der Waals surface area contributed by atoms with E-state index in [1.54, 1.807) is 0 Å². The summed E-state index contributed by atoms with van der Waals surface area (Å²) in [7, 11) is 0. The van der Waals surface area contributed by atoms with E-state index in [0.29, 0.717) is 6.04 Å². The predicted molar refractivity (Wildman–Crippen MR) is 56.0 cm³/mol. The molecule has 3 nitrogen and oxygen atoms in total. The van der Waals surface area contributed by atoms with E-state index in [1.807, 2.05) is 17.0 Å². The Labute approximate surface area is 86.1 Å². The fraction of sp³-hybridized carbons (Fsp3) is 0.833. The van der Waals surface area contributed by atoms with Gasteiger partial charge in [-0.1, -0.05) is 0 Å². The van der Waals surface area contributed by atoms with E-state index < -0.39 is 5.97 Å². The molecule has 1 atom stereocenters. The first-order valence-corrected chi connectivity index (χ1v) is 4.77. The van der Waals surface area contributed by atoms with Gasteiger partial charge in [0.25, 0.3) is 0 Å². The lowest BCUT2D eigenvalue weighted by Crippen LogP contribution is -2.29. The molecule has 0 rings (SSSR count). The maximum absolute atomic E-state index is 10.3. The molecule has 0 aromatic carbocycles. The second-order valence-corrected chi connectivity index (χ2v) is 4.23. The number of carboxylic acid groups (broad SMARTS) is 1. The van der Waals surface area contributed by atoms with E-state index in [0.717, 1.165) is 0 Å². The lowest BCUT2D eigenvalue weighted by molar-refractivity contribution is -0.137. The third-order valence-electron chi connectivity index (χ3n) is 1.14. The molecule has 0 radical (unpaired) electrons. The number of hydrogen-bond donors (Lipinski definition) is 2. The first-order valence-electron chi connectivity index (χ1n) is 3.29. The van der Waals surface area contributed by atoms with Crippen LogP contribution >= 0.6 is 35.5 Å². The highest BCUT2D eigenvalue weighted by Crippen LogP contribution is 2.17. The molecule has 0 spiro atoms. The molecule has 0 fully saturated rings. The summed E-state index contributed by atoms with van der Waals surface area (Å²) in [6, 6.07) is 0.317. The van der Waals surface area contributed by atoms with Gasteiger partial charge in [-0.2, -0.15) is 12.6 Å². The summed E-state index contributed by atoms with van der Waals surface area (Å²) in [4.78, 5) is 10.3. The van der Waals surface area contributed by atoms with Crippen molar-refractivity contribution in [2.75, 3.05) is 0 Å². The number of hydrogen-bond acceptors (Lipinski definition) is 3. The third kappa shape index (κ3) is 4.86. The maximum Gasteiger partial charge on any atom is 0.305 e. The molecule has 0 aliphatic rings. The molecule has 0 aliphatic carbocycles. The topological polar surface area (TPSA) is 40.5 Å². The molecule has 0 aromatic heterocycles. The number of aliphatic carboxylic acids is 1. The highest BCUT2D eigenvalue weighted by Gasteiger charge is 2.17. The van der Waals surface area contributed by atoms with Crippen LogP contribution in [0.5, 0.6) is 0 Å². The van der Waals surface area contributed by atoms with Gasteiger partial charge >= 0.3 is 5.97 Å².